The number of aromatic nitrogens is 1. The summed E-state index contributed by atoms with van der Waals surface area (Å²) in [7, 11) is 5.59. The van der Waals surface area contributed by atoms with E-state index in [-0.39, 0.29) is 23.5 Å². The minimum Gasteiger partial charge on any atom is -0.465 e. The molecular formula is C17H25BClNO3. The summed E-state index contributed by atoms with van der Waals surface area (Å²) in [6.45, 7) is 2.74. The summed E-state index contributed by atoms with van der Waals surface area (Å²) in [4.78, 5) is 12.1. The molecule has 6 heteroatoms. The van der Waals surface area contributed by atoms with Crippen LogP contribution in [0, 0.1) is 5.92 Å². The maximum Gasteiger partial charge on any atom is 0.308 e. The van der Waals surface area contributed by atoms with E-state index in [0.29, 0.717) is 11.6 Å². The Hall–Kier alpha value is -0.965. The Morgan fingerprint density at radius 3 is 2.57 bits per heavy atom. The molecule has 0 unspecified atom stereocenters. The highest BCUT2D eigenvalue weighted by Crippen LogP contribution is 2.37. The fraction of sp³-hybridized carbons (Fsp3) is 0.765. The van der Waals surface area contributed by atoms with Gasteiger partial charge in [0.2, 0.25) is 0 Å². The Bertz CT molecular complexity index is 498. The van der Waals surface area contributed by atoms with Crippen LogP contribution in [0.15, 0.2) is 4.52 Å². The molecule has 0 saturated heterocycles. The van der Waals surface area contributed by atoms with Crippen molar-refractivity contribution in [2.75, 3.05) is 6.61 Å². The third kappa shape index (κ3) is 5.27. The number of carbonyl (C=O) groups is 1. The molecule has 0 atom stereocenters. The molecule has 0 amide bonds. The fourth-order valence-corrected chi connectivity index (χ4v) is 3.38. The highest BCUT2D eigenvalue weighted by molar-refractivity contribution is 6.43. The zero-order chi connectivity index (χ0) is 16.7. The molecule has 0 spiro atoms. The van der Waals surface area contributed by atoms with Gasteiger partial charge in [-0.15, -0.1) is 0 Å². The first-order chi connectivity index (χ1) is 11.1. The van der Waals surface area contributed by atoms with Gasteiger partial charge < -0.3 is 9.26 Å². The third-order valence-electron chi connectivity index (χ3n) is 4.62. The second-order valence-corrected chi connectivity index (χ2v) is 6.75. The first kappa shape index (κ1) is 18.4. The molecule has 0 bridgehead atoms. The monoisotopic (exact) mass is 337 g/mol. The Kier molecular flexibility index (Phi) is 7.48. The van der Waals surface area contributed by atoms with Crippen LogP contribution in [0.5, 0.6) is 0 Å². The average molecular weight is 338 g/mol. The molecule has 2 radical (unpaired) electrons. The van der Waals surface area contributed by atoms with Crippen LogP contribution >= 0.6 is 11.6 Å². The van der Waals surface area contributed by atoms with E-state index in [0.717, 1.165) is 44.2 Å². The van der Waals surface area contributed by atoms with E-state index in [1.807, 2.05) is 0 Å². The van der Waals surface area contributed by atoms with Gasteiger partial charge in [-0.25, -0.2) is 0 Å². The number of hydrogen-bond donors (Lipinski definition) is 0. The molecule has 0 aromatic carbocycles. The molecule has 1 aliphatic carbocycles. The molecule has 1 saturated carbocycles. The minimum absolute atomic E-state index is 0.00455. The van der Waals surface area contributed by atoms with Gasteiger partial charge >= 0.3 is 5.97 Å². The predicted octanol–water partition coefficient (Wildman–Crippen LogP) is 3.91. The Labute approximate surface area is 144 Å². The number of halogens is 1. The van der Waals surface area contributed by atoms with E-state index in [2.05, 4.69) is 12.1 Å². The zero-order valence-electron chi connectivity index (χ0n) is 13.9. The molecule has 0 aliphatic heterocycles. The van der Waals surface area contributed by atoms with E-state index in [4.69, 9.17) is 28.7 Å². The third-order valence-corrected chi connectivity index (χ3v) is 5.00. The van der Waals surface area contributed by atoms with Crippen LogP contribution in [-0.4, -0.2) is 25.6 Å². The smallest absolute Gasteiger partial charge is 0.308 e. The molecule has 23 heavy (non-hydrogen) atoms. The van der Waals surface area contributed by atoms with Crippen molar-refractivity contribution in [1.29, 1.82) is 0 Å². The van der Waals surface area contributed by atoms with E-state index in [1.165, 1.54) is 19.3 Å². The number of ether oxygens (including phenoxy) is 1. The summed E-state index contributed by atoms with van der Waals surface area (Å²) in [5.41, 5.74) is 0.901. The SMILES string of the molecule is [B]c1onc(C2CCC(C(=O)OCCCCCCC)CC2)c1Cl. The minimum atomic E-state index is -0.0512. The van der Waals surface area contributed by atoms with Gasteiger partial charge in [-0.3, -0.25) is 4.79 Å². The summed E-state index contributed by atoms with van der Waals surface area (Å²) in [6.07, 6.45) is 9.15. The van der Waals surface area contributed by atoms with E-state index in [9.17, 15) is 4.79 Å². The Balaban J connectivity index is 1.67. The van der Waals surface area contributed by atoms with Crippen LogP contribution in [0.3, 0.4) is 0 Å². The standard InChI is InChI=1S/C17H25BClNO3/c1-2-3-4-5-6-11-22-17(21)13-9-7-12(8-10-13)15-14(19)16(18)23-20-15/h12-13H,2-11H2,1H3. The normalized spacial score (nSPS) is 21.3. The van der Waals surface area contributed by atoms with Gasteiger partial charge in [-0.1, -0.05) is 49.4 Å². The number of rotatable bonds is 8. The maximum atomic E-state index is 12.1. The van der Waals surface area contributed by atoms with Gasteiger partial charge in [-0.05, 0) is 32.1 Å². The summed E-state index contributed by atoms with van der Waals surface area (Å²) < 4.78 is 10.3. The van der Waals surface area contributed by atoms with Crippen LogP contribution in [-0.2, 0) is 9.53 Å². The molecule has 1 aromatic rings. The van der Waals surface area contributed by atoms with Gasteiger partial charge in [0.05, 0.1) is 23.2 Å². The first-order valence-electron chi connectivity index (χ1n) is 8.70. The van der Waals surface area contributed by atoms with Crippen molar-refractivity contribution in [2.45, 2.75) is 70.6 Å². The second-order valence-electron chi connectivity index (χ2n) is 6.38. The number of esters is 1. The summed E-state index contributed by atoms with van der Waals surface area (Å²) >= 11 is 6.09. The first-order valence-corrected chi connectivity index (χ1v) is 9.08. The highest BCUT2D eigenvalue weighted by Gasteiger charge is 2.30. The molecular weight excluding hydrogens is 312 g/mol. The van der Waals surface area contributed by atoms with Crippen molar-refractivity contribution in [3.8, 4) is 0 Å². The van der Waals surface area contributed by atoms with Crippen molar-refractivity contribution in [3.05, 3.63) is 10.7 Å². The van der Waals surface area contributed by atoms with Crippen molar-refractivity contribution in [3.63, 3.8) is 0 Å². The van der Waals surface area contributed by atoms with Crippen molar-refractivity contribution in [2.24, 2.45) is 5.92 Å². The van der Waals surface area contributed by atoms with E-state index < -0.39 is 0 Å². The summed E-state index contributed by atoms with van der Waals surface area (Å²) in [6, 6.07) is 0. The van der Waals surface area contributed by atoms with Crippen molar-refractivity contribution in [1.82, 2.24) is 5.16 Å². The van der Waals surface area contributed by atoms with Crippen LogP contribution in [0.1, 0.15) is 76.3 Å². The molecule has 1 aromatic heterocycles. The lowest BCUT2D eigenvalue weighted by molar-refractivity contribution is -0.149. The van der Waals surface area contributed by atoms with Crippen LogP contribution in [0.2, 0.25) is 5.02 Å². The number of hydrogen-bond acceptors (Lipinski definition) is 4. The summed E-state index contributed by atoms with van der Waals surface area (Å²) in [5, 5.41) is 4.37. The van der Waals surface area contributed by atoms with Gasteiger partial charge in [0.25, 0.3) is 0 Å². The Morgan fingerprint density at radius 2 is 1.96 bits per heavy atom. The molecule has 1 heterocycles. The van der Waals surface area contributed by atoms with Gasteiger partial charge in [-0.2, -0.15) is 0 Å². The number of carbonyl (C=O) groups excluding carboxylic acids is 1. The predicted molar refractivity (Wildman–Crippen MR) is 91.3 cm³/mol. The topological polar surface area (TPSA) is 52.3 Å². The molecule has 0 N–H and O–H groups in total. The van der Waals surface area contributed by atoms with Crippen molar-refractivity contribution < 1.29 is 14.1 Å². The van der Waals surface area contributed by atoms with Crippen LogP contribution in [0.25, 0.3) is 0 Å². The molecule has 1 aliphatic rings. The zero-order valence-corrected chi connectivity index (χ0v) is 14.6. The largest absolute Gasteiger partial charge is 0.465 e. The fourth-order valence-electron chi connectivity index (χ4n) is 3.16. The second kappa shape index (κ2) is 9.36. The van der Waals surface area contributed by atoms with Gasteiger partial charge in [0.15, 0.2) is 7.85 Å². The quantitative estimate of drug-likeness (QED) is 0.410. The van der Waals surface area contributed by atoms with Gasteiger partial charge in [0.1, 0.15) is 5.69 Å². The Morgan fingerprint density at radius 1 is 1.26 bits per heavy atom. The number of nitrogens with zero attached hydrogens (tertiary/aromatic N) is 1. The van der Waals surface area contributed by atoms with E-state index >= 15 is 0 Å². The molecule has 1 fully saturated rings. The molecule has 4 nitrogen and oxygen atoms in total. The lowest BCUT2D eigenvalue weighted by Gasteiger charge is -2.26. The van der Waals surface area contributed by atoms with Crippen molar-refractivity contribution >= 4 is 31.1 Å². The van der Waals surface area contributed by atoms with Crippen LogP contribution < -0.4 is 5.66 Å². The van der Waals surface area contributed by atoms with E-state index in [1.54, 1.807) is 0 Å². The average Bonchev–Trinajstić information content (AvgIpc) is 2.90. The maximum absolute atomic E-state index is 12.1. The summed E-state index contributed by atoms with van der Waals surface area (Å²) in [5.74, 6) is 0.177. The highest BCUT2D eigenvalue weighted by atomic mass is 35.5. The molecule has 126 valence electrons. The number of unbranched alkanes of at least 4 members (excludes halogenated alkanes) is 4. The lowest BCUT2D eigenvalue weighted by atomic mass is 9.80. The van der Waals surface area contributed by atoms with Gasteiger partial charge in [0, 0.05) is 5.92 Å². The molecule has 2 rings (SSSR count). The lowest BCUT2D eigenvalue weighted by Crippen LogP contribution is -2.23. The van der Waals surface area contributed by atoms with Crippen LogP contribution in [0.4, 0.5) is 0 Å².